The summed E-state index contributed by atoms with van der Waals surface area (Å²) in [6.07, 6.45) is 8.04. The molecule has 0 unspecified atom stereocenters. The molecule has 1 fully saturated rings. The van der Waals surface area contributed by atoms with Gasteiger partial charge in [0.25, 0.3) is 0 Å². The maximum atomic E-state index is 5.43. The van der Waals surface area contributed by atoms with Crippen LogP contribution in [-0.2, 0) is 6.42 Å². The van der Waals surface area contributed by atoms with Crippen molar-refractivity contribution in [3.63, 3.8) is 0 Å². The number of ether oxygens (including phenoxy) is 1. The largest absolute Gasteiger partial charge is 0.464 e. The van der Waals surface area contributed by atoms with Crippen molar-refractivity contribution in [2.75, 3.05) is 6.61 Å². The van der Waals surface area contributed by atoms with Gasteiger partial charge in [0, 0.05) is 11.8 Å². The molecule has 3 heteroatoms. The summed E-state index contributed by atoms with van der Waals surface area (Å²) in [5.74, 6) is 7.08. The van der Waals surface area contributed by atoms with E-state index in [0.29, 0.717) is 12.5 Å². The van der Waals surface area contributed by atoms with E-state index in [0.717, 1.165) is 18.0 Å². The van der Waals surface area contributed by atoms with Gasteiger partial charge < -0.3 is 4.74 Å². The van der Waals surface area contributed by atoms with Crippen LogP contribution in [0.4, 0.5) is 0 Å². The number of hydrogen-bond donors (Lipinski definition) is 0. The van der Waals surface area contributed by atoms with Crippen LogP contribution >= 0.6 is 0 Å². The Bertz CT molecular complexity index is 414. The van der Waals surface area contributed by atoms with Gasteiger partial charge in [-0.3, -0.25) is 0 Å². The SMILES string of the molecule is CC#CCOc1cc(CC2CCCC2)ncn1. The van der Waals surface area contributed by atoms with Crippen molar-refractivity contribution in [1.82, 2.24) is 9.97 Å². The van der Waals surface area contributed by atoms with Crippen LogP contribution in [0.3, 0.4) is 0 Å². The van der Waals surface area contributed by atoms with Crippen LogP contribution in [-0.4, -0.2) is 16.6 Å². The Labute approximate surface area is 103 Å². The lowest BCUT2D eigenvalue weighted by molar-refractivity contribution is 0.353. The molecule has 0 bridgehead atoms. The number of rotatable bonds is 4. The quantitative estimate of drug-likeness (QED) is 0.746. The Morgan fingerprint density at radius 2 is 2.18 bits per heavy atom. The molecule has 3 nitrogen and oxygen atoms in total. The van der Waals surface area contributed by atoms with Gasteiger partial charge in [0.1, 0.15) is 6.33 Å². The second-order valence-electron chi connectivity index (χ2n) is 4.42. The van der Waals surface area contributed by atoms with E-state index in [1.165, 1.54) is 25.7 Å². The lowest BCUT2D eigenvalue weighted by Gasteiger charge is -2.08. The minimum atomic E-state index is 0.399. The summed E-state index contributed by atoms with van der Waals surface area (Å²) < 4.78 is 5.43. The van der Waals surface area contributed by atoms with Gasteiger partial charge in [-0.05, 0) is 19.3 Å². The number of nitrogens with zero attached hydrogens (tertiary/aromatic N) is 2. The first kappa shape index (κ1) is 11.9. The van der Waals surface area contributed by atoms with Gasteiger partial charge in [0.2, 0.25) is 5.88 Å². The molecule has 1 aromatic rings. The van der Waals surface area contributed by atoms with E-state index >= 15 is 0 Å². The normalized spacial score (nSPS) is 15.4. The molecule has 1 saturated carbocycles. The Balaban J connectivity index is 1.92. The zero-order chi connectivity index (χ0) is 11.9. The number of hydrogen-bond acceptors (Lipinski definition) is 3. The van der Waals surface area contributed by atoms with Gasteiger partial charge >= 0.3 is 0 Å². The molecule has 0 radical (unpaired) electrons. The summed E-state index contributed by atoms with van der Waals surface area (Å²) in [5, 5.41) is 0. The molecule has 0 atom stereocenters. The van der Waals surface area contributed by atoms with Gasteiger partial charge in [-0.1, -0.05) is 31.6 Å². The minimum Gasteiger partial charge on any atom is -0.464 e. The van der Waals surface area contributed by atoms with Crippen LogP contribution in [0.25, 0.3) is 0 Å². The summed E-state index contributed by atoms with van der Waals surface area (Å²) in [4.78, 5) is 8.39. The fraction of sp³-hybridized carbons (Fsp3) is 0.571. The van der Waals surface area contributed by atoms with Gasteiger partial charge in [-0.25, -0.2) is 9.97 Å². The van der Waals surface area contributed by atoms with E-state index in [2.05, 4.69) is 21.8 Å². The van der Waals surface area contributed by atoms with Crippen molar-refractivity contribution in [3.8, 4) is 17.7 Å². The van der Waals surface area contributed by atoms with Gasteiger partial charge in [0.15, 0.2) is 6.61 Å². The topological polar surface area (TPSA) is 35.0 Å². The Hall–Kier alpha value is -1.56. The van der Waals surface area contributed by atoms with E-state index in [1.807, 2.05) is 6.07 Å². The highest BCUT2D eigenvalue weighted by Crippen LogP contribution is 2.27. The summed E-state index contributed by atoms with van der Waals surface area (Å²) in [5.41, 5.74) is 1.09. The zero-order valence-corrected chi connectivity index (χ0v) is 10.3. The molecule has 17 heavy (non-hydrogen) atoms. The molecule has 0 saturated heterocycles. The Morgan fingerprint density at radius 1 is 1.35 bits per heavy atom. The fourth-order valence-electron chi connectivity index (χ4n) is 2.26. The van der Waals surface area contributed by atoms with E-state index in [9.17, 15) is 0 Å². The maximum Gasteiger partial charge on any atom is 0.217 e. The summed E-state index contributed by atoms with van der Waals surface area (Å²) in [6.45, 7) is 2.20. The van der Waals surface area contributed by atoms with Crippen molar-refractivity contribution in [3.05, 3.63) is 18.1 Å². The third kappa shape index (κ3) is 3.74. The monoisotopic (exact) mass is 230 g/mol. The second-order valence-corrected chi connectivity index (χ2v) is 4.42. The van der Waals surface area contributed by atoms with Crippen LogP contribution in [0.2, 0.25) is 0 Å². The smallest absolute Gasteiger partial charge is 0.217 e. The van der Waals surface area contributed by atoms with Gasteiger partial charge in [-0.2, -0.15) is 0 Å². The summed E-state index contributed by atoms with van der Waals surface area (Å²) in [7, 11) is 0. The predicted molar refractivity (Wildman–Crippen MR) is 66.6 cm³/mol. The summed E-state index contributed by atoms with van der Waals surface area (Å²) in [6, 6.07) is 1.94. The zero-order valence-electron chi connectivity index (χ0n) is 10.3. The highest BCUT2D eigenvalue weighted by molar-refractivity contribution is 5.15. The molecular formula is C14H18N2O. The second kappa shape index (κ2) is 6.24. The van der Waals surface area contributed by atoms with Crippen molar-refractivity contribution in [2.24, 2.45) is 5.92 Å². The third-order valence-corrected chi connectivity index (χ3v) is 3.14. The highest BCUT2D eigenvalue weighted by Gasteiger charge is 2.16. The van der Waals surface area contributed by atoms with Crippen LogP contribution < -0.4 is 4.74 Å². The first-order valence-electron chi connectivity index (χ1n) is 6.22. The van der Waals surface area contributed by atoms with Crippen LogP contribution in [0, 0.1) is 17.8 Å². The van der Waals surface area contributed by atoms with Crippen LogP contribution in [0.1, 0.15) is 38.3 Å². The molecule has 0 amide bonds. The molecular weight excluding hydrogens is 212 g/mol. The predicted octanol–water partition coefficient (Wildman–Crippen LogP) is 2.61. The molecule has 0 aliphatic heterocycles. The first-order chi connectivity index (χ1) is 8.38. The van der Waals surface area contributed by atoms with E-state index in [-0.39, 0.29) is 0 Å². The average Bonchev–Trinajstić information content (AvgIpc) is 2.83. The molecule has 0 spiro atoms. The first-order valence-corrected chi connectivity index (χ1v) is 6.22. The van der Waals surface area contributed by atoms with Crippen molar-refractivity contribution in [1.29, 1.82) is 0 Å². The fourth-order valence-corrected chi connectivity index (χ4v) is 2.26. The molecule has 1 aromatic heterocycles. The molecule has 1 aliphatic carbocycles. The van der Waals surface area contributed by atoms with Gasteiger partial charge in [0.05, 0.1) is 0 Å². The van der Waals surface area contributed by atoms with Crippen molar-refractivity contribution in [2.45, 2.75) is 39.0 Å². The summed E-state index contributed by atoms with van der Waals surface area (Å²) >= 11 is 0. The van der Waals surface area contributed by atoms with Crippen LogP contribution in [0.5, 0.6) is 5.88 Å². The maximum absolute atomic E-state index is 5.43. The lowest BCUT2D eigenvalue weighted by atomic mass is 10.0. The van der Waals surface area contributed by atoms with Crippen molar-refractivity contribution < 1.29 is 4.74 Å². The van der Waals surface area contributed by atoms with E-state index < -0.39 is 0 Å². The average molecular weight is 230 g/mol. The Morgan fingerprint density at radius 3 is 2.94 bits per heavy atom. The van der Waals surface area contributed by atoms with Crippen molar-refractivity contribution >= 4 is 0 Å². The molecule has 2 rings (SSSR count). The van der Waals surface area contributed by atoms with E-state index in [1.54, 1.807) is 13.3 Å². The molecule has 1 heterocycles. The molecule has 0 aromatic carbocycles. The standard InChI is InChI=1S/C14H18N2O/c1-2-3-8-17-14-10-13(15-11-16-14)9-12-6-4-5-7-12/h10-12H,4-9H2,1H3. The van der Waals surface area contributed by atoms with Gasteiger partial charge in [-0.15, -0.1) is 5.92 Å². The molecule has 1 aliphatic rings. The number of aromatic nitrogens is 2. The van der Waals surface area contributed by atoms with E-state index in [4.69, 9.17) is 4.74 Å². The van der Waals surface area contributed by atoms with Crippen LogP contribution in [0.15, 0.2) is 12.4 Å². The Kier molecular flexibility index (Phi) is 4.37. The third-order valence-electron chi connectivity index (χ3n) is 3.14. The highest BCUT2D eigenvalue weighted by atomic mass is 16.5. The minimum absolute atomic E-state index is 0.399. The molecule has 0 N–H and O–H groups in total. The molecule has 90 valence electrons. The lowest BCUT2D eigenvalue weighted by Crippen LogP contribution is -2.03.